The average molecular weight is 347 g/mol. The van der Waals surface area contributed by atoms with Crippen molar-refractivity contribution >= 4 is 17.6 Å². The number of hydrogen-bond donors (Lipinski definition) is 3. The van der Waals surface area contributed by atoms with E-state index in [0.29, 0.717) is 18.3 Å². The Hall–Kier alpha value is -3.04. The zero-order valence-electron chi connectivity index (χ0n) is 13.4. The van der Waals surface area contributed by atoms with Crippen LogP contribution in [0.15, 0.2) is 18.5 Å². The molecule has 0 radical (unpaired) electrons. The van der Waals surface area contributed by atoms with E-state index >= 15 is 0 Å². The largest absolute Gasteiger partial charge is 0.364 e. The van der Waals surface area contributed by atoms with E-state index in [2.05, 4.69) is 25.5 Å². The molecule has 1 fully saturated rings. The summed E-state index contributed by atoms with van der Waals surface area (Å²) in [6.07, 6.45) is 4.27. The topological polar surface area (TPSA) is 130 Å². The van der Waals surface area contributed by atoms with E-state index in [1.54, 1.807) is 0 Å². The van der Waals surface area contributed by atoms with Crippen molar-refractivity contribution in [3.63, 3.8) is 0 Å². The second-order valence-corrected chi connectivity index (χ2v) is 5.87. The van der Waals surface area contributed by atoms with E-state index < -0.39 is 11.9 Å². The number of rotatable bonds is 5. The van der Waals surface area contributed by atoms with Crippen LogP contribution in [0.25, 0.3) is 0 Å². The Morgan fingerprint density at radius 3 is 2.68 bits per heavy atom. The molecule has 0 bridgehead atoms. The molecule has 4 N–H and O–H groups in total. The van der Waals surface area contributed by atoms with Crippen LogP contribution in [0, 0.1) is 11.9 Å². The number of carbonyl (C=O) groups is 2. The summed E-state index contributed by atoms with van der Waals surface area (Å²) in [5.74, 6) is -0.634. The maximum atomic E-state index is 12.8. The molecule has 1 aliphatic rings. The normalized spacial score (nSPS) is 15.2. The summed E-state index contributed by atoms with van der Waals surface area (Å²) in [6.45, 7) is 2.04. The van der Waals surface area contributed by atoms with Crippen LogP contribution in [0.5, 0.6) is 0 Å². The van der Waals surface area contributed by atoms with Gasteiger partial charge in [-0.3, -0.25) is 14.7 Å². The number of hydrogen-bond acceptors (Lipinski definition) is 6. The van der Waals surface area contributed by atoms with Gasteiger partial charge < -0.3 is 16.0 Å². The first-order valence-electron chi connectivity index (χ1n) is 7.89. The van der Waals surface area contributed by atoms with E-state index in [1.807, 2.05) is 4.90 Å². The van der Waals surface area contributed by atoms with E-state index in [4.69, 9.17) is 5.73 Å². The number of carbonyl (C=O) groups excluding carboxylic acids is 2. The first-order chi connectivity index (χ1) is 12.0. The van der Waals surface area contributed by atoms with Gasteiger partial charge in [0, 0.05) is 25.7 Å². The van der Waals surface area contributed by atoms with Gasteiger partial charge >= 0.3 is 0 Å². The summed E-state index contributed by atoms with van der Waals surface area (Å²) < 4.78 is 12.8. The number of halogens is 1. The van der Waals surface area contributed by atoms with Gasteiger partial charge in [0.25, 0.3) is 11.8 Å². The molecule has 0 spiro atoms. The van der Waals surface area contributed by atoms with Gasteiger partial charge in [-0.25, -0.2) is 9.97 Å². The fourth-order valence-electron chi connectivity index (χ4n) is 2.73. The lowest BCUT2D eigenvalue weighted by molar-refractivity contribution is 0.0939. The van der Waals surface area contributed by atoms with Crippen molar-refractivity contribution in [3.8, 4) is 0 Å². The van der Waals surface area contributed by atoms with E-state index in [0.717, 1.165) is 32.1 Å². The molecule has 1 aliphatic heterocycles. The van der Waals surface area contributed by atoms with Gasteiger partial charge in [-0.15, -0.1) is 0 Å². The molecule has 0 saturated carbocycles. The van der Waals surface area contributed by atoms with Crippen LogP contribution in [0.2, 0.25) is 0 Å². The maximum absolute atomic E-state index is 12.8. The molecular formula is C15H18FN7O2. The quantitative estimate of drug-likeness (QED) is 0.702. The van der Waals surface area contributed by atoms with E-state index in [9.17, 15) is 14.0 Å². The molecule has 25 heavy (non-hydrogen) atoms. The smallest absolute Gasteiger partial charge is 0.269 e. The number of nitrogens with two attached hydrogens (primary N) is 1. The average Bonchev–Trinajstić information content (AvgIpc) is 3.11. The lowest BCUT2D eigenvalue weighted by Crippen LogP contribution is -2.39. The Morgan fingerprint density at radius 2 is 2.08 bits per heavy atom. The van der Waals surface area contributed by atoms with Crippen LogP contribution in [-0.2, 0) is 0 Å². The van der Waals surface area contributed by atoms with Crippen molar-refractivity contribution in [3.05, 3.63) is 35.8 Å². The van der Waals surface area contributed by atoms with Crippen molar-refractivity contribution in [1.82, 2.24) is 25.5 Å². The van der Waals surface area contributed by atoms with Crippen LogP contribution in [0.1, 0.15) is 33.8 Å². The molecule has 1 saturated heterocycles. The number of aromatic amines is 1. The number of nitrogens with one attached hydrogen (secondary N) is 2. The zero-order valence-corrected chi connectivity index (χ0v) is 13.4. The molecule has 0 aliphatic carbocycles. The van der Waals surface area contributed by atoms with Gasteiger partial charge in [-0.2, -0.15) is 9.49 Å². The lowest BCUT2D eigenvalue weighted by atomic mass is 9.97. The zero-order chi connectivity index (χ0) is 17.8. The molecule has 9 nitrogen and oxygen atoms in total. The van der Waals surface area contributed by atoms with Crippen LogP contribution >= 0.6 is 0 Å². The van der Waals surface area contributed by atoms with Crippen LogP contribution in [0.3, 0.4) is 0 Å². The molecule has 10 heteroatoms. The highest BCUT2D eigenvalue weighted by atomic mass is 19.1. The molecule has 2 aromatic rings. The standard InChI is InChI=1S/C15H18FN7O2/c16-12-7-19-13(8-18-12)23-3-1-9(2-4-23)6-20-15(25)11-5-10(14(17)24)21-22-11/h5,7-9H,1-4,6H2,(H2,17,24)(H,20,25)(H,21,22). The molecule has 2 aromatic heterocycles. The number of H-pyrrole nitrogens is 1. The minimum absolute atomic E-state index is 0.0267. The number of primary amides is 1. The minimum Gasteiger partial charge on any atom is -0.364 e. The van der Waals surface area contributed by atoms with Gasteiger partial charge in [-0.1, -0.05) is 0 Å². The Bertz CT molecular complexity index is 753. The molecular weight excluding hydrogens is 329 g/mol. The lowest BCUT2D eigenvalue weighted by Gasteiger charge is -2.32. The molecule has 3 heterocycles. The van der Waals surface area contributed by atoms with Crippen molar-refractivity contribution in [1.29, 1.82) is 0 Å². The van der Waals surface area contributed by atoms with E-state index in [-0.39, 0.29) is 17.3 Å². The fraction of sp³-hybridized carbons (Fsp3) is 0.400. The summed E-state index contributed by atoms with van der Waals surface area (Å²) in [6, 6.07) is 1.33. The molecule has 132 valence electrons. The predicted octanol–water partition coefficient (Wildman–Crippen LogP) is 0.0841. The van der Waals surface area contributed by atoms with E-state index in [1.165, 1.54) is 12.3 Å². The Morgan fingerprint density at radius 1 is 1.32 bits per heavy atom. The first-order valence-corrected chi connectivity index (χ1v) is 7.89. The van der Waals surface area contributed by atoms with Crippen LogP contribution < -0.4 is 16.0 Å². The first kappa shape index (κ1) is 16.8. The number of anilines is 1. The molecule has 0 atom stereocenters. The monoisotopic (exact) mass is 347 g/mol. The summed E-state index contributed by atoms with van der Waals surface area (Å²) >= 11 is 0. The second kappa shape index (κ2) is 7.24. The van der Waals surface area contributed by atoms with Gasteiger partial charge in [0.1, 0.15) is 11.5 Å². The predicted molar refractivity (Wildman–Crippen MR) is 86.4 cm³/mol. The van der Waals surface area contributed by atoms with Crippen LogP contribution in [0.4, 0.5) is 10.2 Å². The number of nitrogens with zero attached hydrogens (tertiary/aromatic N) is 4. The Balaban J connectivity index is 1.46. The number of piperidine rings is 1. The molecule has 0 aromatic carbocycles. The highest BCUT2D eigenvalue weighted by molar-refractivity contribution is 5.96. The summed E-state index contributed by atoms with van der Waals surface area (Å²) in [5, 5.41) is 8.99. The van der Waals surface area contributed by atoms with Gasteiger partial charge in [0.05, 0.1) is 12.4 Å². The third-order valence-electron chi connectivity index (χ3n) is 4.17. The van der Waals surface area contributed by atoms with Crippen molar-refractivity contribution in [2.75, 3.05) is 24.5 Å². The Labute approximate surface area is 142 Å². The molecule has 2 amide bonds. The SMILES string of the molecule is NC(=O)c1cc(C(=O)NCC2CCN(c3cnc(F)cn3)CC2)[nH]n1. The highest BCUT2D eigenvalue weighted by Gasteiger charge is 2.21. The minimum atomic E-state index is -0.688. The van der Waals surface area contributed by atoms with Gasteiger partial charge in [-0.05, 0) is 18.8 Å². The fourth-order valence-corrected chi connectivity index (χ4v) is 2.73. The number of amides is 2. The second-order valence-electron chi connectivity index (χ2n) is 5.87. The highest BCUT2D eigenvalue weighted by Crippen LogP contribution is 2.20. The summed E-state index contributed by atoms with van der Waals surface area (Å²) in [4.78, 5) is 32.7. The summed E-state index contributed by atoms with van der Waals surface area (Å²) in [7, 11) is 0. The third kappa shape index (κ3) is 4.08. The van der Waals surface area contributed by atoms with Gasteiger partial charge in [0.2, 0.25) is 5.95 Å². The van der Waals surface area contributed by atoms with Crippen molar-refractivity contribution in [2.45, 2.75) is 12.8 Å². The van der Waals surface area contributed by atoms with Crippen molar-refractivity contribution < 1.29 is 14.0 Å². The molecule has 0 unspecified atom stereocenters. The molecule has 3 rings (SSSR count). The maximum Gasteiger partial charge on any atom is 0.269 e. The van der Waals surface area contributed by atoms with Crippen molar-refractivity contribution in [2.24, 2.45) is 11.7 Å². The number of aromatic nitrogens is 4. The van der Waals surface area contributed by atoms with Gasteiger partial charge in [0.15, 0.2) is 5.69 Å². The van der Waals surface area contributed by atoms with Crippen LogP contribution in [-0.4, -0.2) is 51.6 Å². The Kier molecular flexibility index (Phi) is 4.87. The third-order valence-corrected chi connectivity index (χ3v) is 4.17. The summed E-state index contributed by atoms with van der Waals surface area (Å²) in [5.41, 5.74) is 5.33.